The Morgan fingerprint density at radius 3 is 2.64 bits per heavy atom. The molecule has 2 aromatic rings. The minimum Gasteiger partial charge on any atom is -0.369 e. The lowest BCUT2D eigenvalue weighted by Gasteiger charge is -2.25. The fourth-order valence-electron chi connectivity index (χ4n) is 2.77. The Labute approximate surface area is 151 Å². The molecule has 1 atom stereocenters. The Hall–Kier alpha value is -2.12. The van der Waals surface area contributed by atoms with Crippen LogP contribution in [-0.4, -0.2) is 43.9 Å². The molecular formula is C17H18ClN3O3S. The van der Waals surface area contributed by atoms with E-state index in [4.69, 9.17) is 11.6 Å². The summed E-state index contributed by atoms with van der Waals surface area (Å²) in [7, 11) is -1.11. The zero-order valence-electron chi connectivity index (χ0n) is 13.6. The highest BCUT2D eigenvalue weighted by molar-refractivity contribution is 7.91. The number of rotatable bonds is 4. The van der Waals surface area contributed by atoms with Crippen LogP contribution in [0.5, 0.6) is 0 Å². The fourth-order valence-corrected chi connectivity index (χ4v) is 4.73. The van der Waals surface area contributed by atoms with Crippen LogP contribution in [0.25, 0.3) is 0 Å². The van der Waals surface area contributed by atoms with Crippen LogP contribution < -0.4 is 10.2 Å². The minimum absolute atomic E-state index is 0.0606. The highest BCUT2D eigenvalue weighted by atomic mass is 35.5. The molecule has 1 N–H and O–H groups in total. The third-order valence-corrected chi connectivity index (χ3v) is 6.35. The molecule has 1 unspecified atom stereocenters. The largest absolute Gasteiger partial charge is 0.369 e. The van der Waals surface area contributed by atoms with Crippen molar-refractivity contribution in [3.8, 4) is 0 Å². The topological polar surface area (TPSA) is 79.4 Å². The Morgan fingerprint density at radius 1 is 1.28 bits per heavy atom. The van der Waals surface area contributed by atoms with Gasteiger partial charge in [-0.15, -0.1) is 0 Å². The van der Waals surface area contributed by atoms with Crippen molar-refractivity contribution < 1.29 is 13.2 Å². The lowest BCUT2D eigenvalue weighted by molar-refractivity contribution is 0.102. The number of anilines is 2. The van der Waals surface area contributed by atoms with Crippen LogP contribution >= 0.6 is 11.6 Å². The summed E-state index contributed by atoms with van der Waals surface area (Å²) in [6.07, 6.45) is 2.18. The SMILES string of the molecule is CN(c1ccc(C(=O)Nc2ccccc2Cl)nc1)C1CCS(=O)(=O)C1. The summed E-state index contributed by atoms with van der Waals surface area (Å²) in [5.74, 6) is 0.0113. The Balaban J connectivity index is 1.69. The maximum atomic E-state index is 12.3. The van der Waals surface area contributed by atoms with Crippen LogP contribution in [0.2, 0.25) is 5.02 Å². The predicted octanol–water partition coefficient (Wildman–Crippen LogP) is 2.61. The summed E-state index contributed by atoms with van der Waals surface area (Å²) in [6, 6.07) is 10.3. The van der Waals surface area contributed by atoms with Crippen molar-refractivity contribution >= 4 is 38.7 Å². The normalized spacial score (nSPS) is 18.7. The average molecular weight is 380 g/mol. The maximum Gasteiger partial charge on any atom is 0.274 e. The van der Waals surface area contributed by atoms with E-state index in [2.05, 4.69) is 10.3 Å². The molecule has 1 saturated heterocycles. The number of hydrogen-bond acceptors (Lipinski definition) is 5. The van der Waals surface area contributed by atoms with Crippen LogP contribution in [0.4, 0.5) is 11.4 Å². The summed E-state index contributed by atoms with van der Waals surface area (Å²) >= 11 is 6.03. The van der Waals surface area contributed by atoms with Gasteiger partial charge in [0.15, 0.2) is 9.84 Å². The van der Waals surface area contributed by atoms with Crippen LogP contribution in [-0.2, 0) is 9.84 Å². The quantitative estimate of drug-likeness (QED) is 0.883. The van der Waals surface area contributed by atoms with E-state index >= 15 is 0 Å². The van der Waals surface area contributed by atoms with Gasteiger partial charge in [-0.05, 0) is 30.7 Å². The van der Waals surface area contributed by atoms with E-state index in [0.717, 1.165) is 5.69 Å². The van der Waals surface area contributed by atoms with Crippen molar-refractivity contribution in [1.29, 1.82) is 0 Å². The number of halogens is 1. The van der Waals surface area contributed by atoms with Crippen LogP contribution in [0.3, 0.4) is 0 Å². The molecule has 1 aromatic carbocycles. The van der Waals surface area contributed by atoms with E-state index in [1.807, 2.05) is 11.9 Å². The fraction of sp³-hybridized carbons (Fsp3) is 0.294. The Kier molecular flexibility index (Phi) is 4.96. The van der Waals surface area contributed by atoms with Gasteiger partial charge >= 0.3 is 0 Å². The smallest absolute Gasteiger partial charge is 0.274 e. The number of pyridine rings is 1. The first-order chi connectivity index (χ1) is 11.9. The standard InChI is InChI=1S/C17H18ClN3O3S/c1-21(13-8-9-25(23,24)11-13)12-6-7-16(19-10-12)17(22)20-15-5-3-2-4-14(15)18/h2-7,10,13H,8-9,11H2,1H3,(H,20,22). The number of carbonyl (C=O) groups excluding carboxylic acids is 1. The van der Waals surface area contributed by atoms with Gasteiger partial charge in [0.05, 0.1) is 34.1 Å². The molecule has 0 radical (unpaired) electrons. The number of benzene rings is 1. The summed E-state index contributed by atoms with van der Waals surface area (Å²) in [5, 5.41) is 3.17. The second kappa shape index (κ2) is 7.01. The van der Waals surface area contributed by atoms with Gasteiger partial charge in [-0.2, -0.15) is 0 Å². The summed E-state index contributed by atoms with van der Waals surface area (Å²) in [4.78, 5) is 18.3. The first-order valence-electron chi connectivity index (χ1n) is 7.81. The molecule has 0 spiro atoms. The number of nitrogens with one attached hydrogen (secondary N) is 1. The van der Waals surface area contributed by atoms with E-state index in [9.17, 15) is 13.2 Å². The molecule has 0 saturated carbocycles. The Morgan fingerprint density at radius 2 is 2.04 bits per heavy atom. The van der Waals surface area contributed by atoms with Gasteiger partial charge in [-0.25, -0.2) is 13.4 Å². The van der Waals surface area contributed by atoms with E-state index in [1.54, 1.807) is 42.6 Å². The number of amides is 1. The van der Waals surface area contributed by atoms with Crippen LogP contribution in [0, 0.1) is 0 Å². The average Bonchev–Trinajstić information content (AvgIpc) is 2.96. The summed E-state index contributed by atoms with van der Waals surface area (Å²) in [6.45, 7) is 0. The monoisotopic (exact) mass is 379 g/mol. The van der Waals surface area contributed by atoms with Crippen molar-refractivity contribution in [2.75, 3.05) is 28.8 Å². The van der Waals surface area contributed by atoms with Crippen LogP contribution in [0.1, 0.15) is 16.9 Å². The molecule has 25 heavy (non-hydrogen) atoms. The molecule has 132 valence electrons. The van der Waals surface area contributed by atoms with E-state index in [0.29, 0.717) is 17.1 Å². The molecule has 1 aromatic heterocycles. The van der Waals surface area contributed by atoms with E-state index in [-0.39, 0.29) is 29.1 Å². The third kappa shape index (κ3) is 4.11. The molecule has 1 fully saturated rings. The number of hydrogen-bond donors (Lipinski definition) is 1. The number of nitrogens with zero attached hydrogens (tertiary/aromatic N) is 2. The molecule has 6 nitrogen and oxygen atoms in total. The van der Waals surface area contributed by atoms with Crippen molar-refractivity contribution in [3.63, 3.8) is 0 Å². The van der Waals surface area contributed by atoms with Gasteiger partial charge in [0, 0.05) is 13.1 Å². The van der Waals surface area contributed by atoms with Gasteiger partial charge < -0.3 is 10.2 Å². The molecule has 0 aliphatic carbocycles. The molecule has 3 rings (SSSR count). The van der Waals surface area contributed by atoms with Gasteiger partial charge in [-0.1, -0.05) is 23.7 Å². The molecule has 8 heteroatoms. The second-order valence-corrected chi connectivity index (χ2v) is 8.64. The van der Waals surface area contributed by atoms with Crippen molar-refractivity contribution in [3.05, 3.63) is 53.3 Å². The first kappa shape index (κ1) is 17.7. The number of para-hydroxylation sites is 1. The van der Waals surface area contributed by atoms with Gasteiger partial charge in [-0.3, -0.25) is 4.79 Å². The van der Waals surface area contributed by atoms with E-state index < -0.39 is 9.84 Å². The number of carbonyl (C=O) groups is 1. The molecule has 1 aliphatic heterocycles. The van der Waals surface area contributed by atoms with Crippen molar-refractivity contribution in [2.45, 2.75) is 12.5 Å². The highest BCUT2D eigenvalue weighted by Gasteiger charge is 2.30. The van der Waals surface area contributed by atoms with Gasteiger partial charge in [0.1, 0.15) is 5.69 Å². The van der Waals surface area contributed by atoms with Gasteiger partial charge in [0.25, 0.3) is 5.91 Å². The zero-order chi connectivity index (χ0) is 18.0. The zero-order valence-corrected chi connectivity index (χ0v) is 15.2. The van der Waals surface area contributed by atoms with E-state index in [1.165, 1.54) is 0 Å². The third-order valence-electron chi connectivity index (χ3n) is 4.27. The first-order valence-corrected chi connectivity index (χ1v) is 10.0. The second-order valence-electron chi connectivity index (χ2n) is 6.00. The molecule has 1 aliphatic rings. The lowest BCUT2D eigenvalue weighted by Crippen LogP contribution is -2.32. The molecule has 0 bridgehead atoms. The maximum absolute atomic E-state index is 12.3. The lowest BCUT2D eigenvalue weighted by atomic mass is 10.2. The molecular weight excluding hydrogens is 362 g/mol. The molecule has 1 amide bonds. The number of sulfone groups is 1. The predicted molar refractivity (Wildman–Crippen MR) is 99.1 cm³/mol. The van der Waals surface area contributed by atoms with Crippen molar-refractivity contribution in [2.24, 2.45) is 0 Å². The number of aromatic nitrogens is 1. The van der Waals surface area contributed by atoms with Crippen LogP contribution in [0.15, 0.2) is 42.6 Å². The highest BCUT2D eigenvalue weighted by Crippen LogP contribution is 2.23. The summed E-state index contributed by atoms with van der Waals surface area (Å²) in [5.41, 5.74) is 1.56. The Bertz CT molecular complexity index is 884. The van der Waals surface area contributed by atoms with Crippen molar-refractivity contribution in [1.82, 2.24) is 4.98 Å². The van der Waals surface area contributed by atoms with Gasteiger partial charge in [0.2, 0.25) is 0 Å². The minimum atomic E-state index is -2.95. The summed E-state index contributed by atoms with van der Waals surface area (Å²) < 4.78 is 23.2. The molecule has 2 heterocycles.